The van der Waals surface area contributed by atoms with Crippen LogP contribution in [0, 0.1) is 0 Å². The molecular weight excluding hydrogens is 510 g/mol. The smallest absolute Gasteiger partial charge is 0.244 e. The fourth-order valence-electron chi connectivity index (χ4n) is 4.23. The zero-order valence-corrected chi connectivity index (χ0v) is 23.1. The molecule has 3 rings (SSSR count). The Kier molecular flexibility index (Phi) is 9.94. The molecule has 3 aromatic carbocycles. The molecule has 9 heteroatoms. The standard InChI is InChI=1S/C28H34ClN3O4S/c1-4-6-18-30-28(34)25(5-2)31(19-21-14-16-23(29)17-15-21)27(33)20-32(37(3,35)36)26-13-9-11-22-10-7-8-12-24(22)26/h7-17,25H,4-6,18-20H2,1-3H3,(H,30,34)/t25-/m0/s1. The summed E-state index contributed by atoms with van der Waals surface area (Å²) in [5, 5.41) is 5.06. The van der Waals surface area contributed by atoms with Crippen molar-refractivity contribution in [2.45, 2.75) is 45.7 Å². The number of carbonyl (C=O) groups is 2. The maximum Gasteiger partial charge on any atom is 0.244 e. The molecule has 0 heterocycles. The van der Waals surface area contributed by atoms with Gasteiger partial charge in [0.1, 0.15) is 12.6 Å². The van der Waals surface area contributed by atoms with Gasteiger partial charge in [-0.2, -0.15) is 0 Å². The molecule has 1 atom stereocenters. The van der Waals surface area contributed by atoms with Gasteiger partial charge in [-0.1, -0.05) is 80.4 Å². The van der Waals surface area contributed by atoms with Crippen molar-refractivity contribution < 1.29 is 18.0 Å². The summed E-state index contributed by atoms with van der Waals surface area (Å²) in [6.07, 6.45) is 3.22. The number of sulfonamides is 1. The summed E-state index contributed by atoms with van der Waals surface area (Å²) >= 11 is 6.04. The van der Waals surface area contributed by atoms with Crippen LogP contribution in [0.25, 0.3) is 10.8 Å². The Morgan fingerprint density at radius 1 is 0.973 bits per heavy atom. The van der Waals surface area contributed by atoms with Crippen molar-refractivity contribution in [3.8, 4) is 0 Å². The Labute approximate surface area is 224 Å². The predicted octanol–water partition coefficient (Wildman–Crippen LogP) is 4.98. The van der Waals surface area contributed by atoms with Gasteiger partial charge in [-0.25, -0.2) is 8.42 Å². The van der Waals surface area contributed by atoms with Gasteiger partial charge >= 0.3 is 0 Å². The van der Waals surface area contributed by atoms with Crippen LogP contribution < -0.4 is 9.62 Å². The highest BCUT2D eigenvalue weighted by atomic mass is 35.5. The van der Waals surface area contributed by atoms with Crippen LogP contribution in [-0.2, 0) is 26.2 Å². The first-order chi connectivity index (χ1) is 17.7. The van der Waals surface area contributed by atoms with E-state index in [1.54, 1.807) is 36.4 Å². The summed E-state index contributed by atoms with van der Waals surface area (Å²) in [6.45, 7) is 4.10. The first kappa shape index (κ1) is 28.5. The van der Waals surface area contributed by atoms with E-state index in [9.17, 15) is 18.0 Å². The second-order valence-corrected chi connectivity index (χ2v) is 11.3. The molecule has 0 saturated heterocycles. The van der Waals surface area contributed by atoms with E-state index in [2.05, 4.69) is 5.32 Å². The average molecular weight is 544 g/mol. The number of carbonyl (C=O) groups excluding carboxylic acids is 2. The van der Waals surface area contributed by atoms with Gasteiger partial charge in [-0.3, -0.25) is 13.9 Å². The SMILES string of the molecule is CCCCNC(=O)[C@H](CC)N(Cc1ccc(Cl)cc1)C(=O)CN(c1cccc2ccccc12)S(C)(=O)=O. The quantitative estimate of drug-likeness (QED) is 0.326. The number of rotatable bonds is 12. The second kappa shape index (κ2) is 12.9. The van der Waals surface area contributed by atoms with Crippen molar-refractivity contribution in [1.29, 1.82) is 0 Å². The Morgan fingerprint density at radius 2 is 1.65 bits per heavy atom. The molecule has 7 nitrogen and oxygen atoms in total. The van der Waals surface area contributed by atoms with Gasteiger partial charge in [0.25, 0.3) is 0 Å². The molecule has 0 bridgehead atoms. The Morgan fingerprint density at radius 3 is 2.30 bits per heavy atom. The van der Waals surface area contributed by atoms with Crippen LogP contribution in [0.4, 0.5) is 5.69 Å². The topological polar surface area (TPSA) is 86.8 Å². The summed E-state index contributed by atoms with van der Waals surface area (Å²) in [6, 6.07) is 19.0. The molecule has 0 fully saturated rings. The second-order valence-electron chi connectivity index (χ2n) is 8.98. The lowest BCUT2D eigenvalue weighted by molar-refractivity contribution is -0.140. The lowest BCUT2D eigenvalue weighted by Crippen LogP contribution is -2.52. The summed E-state index contributed by atoms with van der Waals surface area (Å²) in [5.74, 6) is -0.722. The maximum atomic E-state index is 13.8. The fraction of sp³-hybridized carbons (Fsp3) is 0.357. The molecule has 0 unspecified atom stereocenters. The summed E-state index contributed by atoms with van der Waals surface area (Å²) in [5.41, 5.74) is 1.20. The van der Waals surface area contributed by atoms with Crippen molar-refractivity contribution in [3.05, 3.63) is 77.3 Å². The first-order valence-corrected chi connectivity index (χ1v) is 14.7. The number of amides is 2. The fourth-order valence-corrected chi connectivity index (χ4v) is 5.22. The number of benzene rings is 3. The van der Waals surface area contributed by atoms with E-state index in [1.165, 1.54) is 4.90 Å². The van der Waals surface area contributed by atoms with Crippen LogP contribution in [0.2, 0.25) is 5.02 Å². The summed E-state index contributed by atoms with van der Waals surface area (Å²) < 4.78 is 27.0. The minimum atomic E-state index is -3.82. The number of hydrogen-bond acceptors (Lipinski definition) is 4. The predicted molar refractivity (Wildman–Crippen MR) is 150 cm³/mol. The Hall–Kier alpha value is -3.10. The van der Waals surface area contributed by atoms with E-state index >= 15 is 0 Å². The number of unbranched alkanes of at least 4 members (excludes halogenated alkanes) is 1. The van der Waals surface area contributed by atoms with Crippen molar-refractivity contribution in [2.75, 3.05) is 23.7 Å². The molecule has 0 aromatic heterocycles. The minimum Gasteiger partial charge on any atom is -0.354 e. The van der Waals surface area contributed by atoms with Gasteiger partial charge < -0.3 is 10.2 Å². The van der Waals surface area contributed by atoms with Gasteiger partial charge in [0, 0.05) is 23.5 Å². The number of halogens is 1. The number of fused-ring (bicyclic) bond motifs is 1. The first-order valence-electron chi connectivity index (χ1n) is 12.4. The monoisotopic (exact) mass is 543 g/mol. The highest BCUT2D eigenvalue weighted by molar-refractivity contribution is 7.92. The number of hydrogen-bond donors (Lipinski definition) is 1. The molecule has 3 aromatic rings. The molecule has 1 N–H and O–H groups in total. The maximum absolute atomic E-state index is 13.8. The van der Waals surface area contributed by atoms with Gasteiger partial charge in [-0.15, -0.1) is 0 Å². The highest BCUT2D eigenvalue weighted by Gasteiger charge is 2.32. The van der Waals surface area contributed by atoms with Crippen molar-refractivity contribution >= 4 is 49.9 Å². The van der Waals surface area contributed by atoms with Crippen molar-refractivity contribution in [3.63, 3.8) is 0 Å². The van der Waals surface area contributed by atoms with Crippen molar-refractivity contribution in [2.24, 2.45) is 0 Å². The van der Waals surface area contributed by atoms with Crippen LogP contribution >= 0.6 is 11.6 Å². The van der Waals surface area contributed by atoms with E-state index < -0.39 is 28.5 Å². The third-order valence-electron chi connectivity index (χ3n) is 6.20. The van der Waals surface area contributed by atoms with Crippen molar-refractivity contribution in [1.82, 2.24) is 10.2 Å². The molecule has 0 saturated carbocycles. The normalized spacial score (nSPS) is 12.2. The molecule has 0 aliphatic carbocycles. The van der Waals surface area contributed by atoms with Crippen LogP contribution in [0.15, 0.2) is 66.7 Å². The minimum absolute atomic E-state index is 0.142. The third kappa shape index (κ3) is 7.46. The van der Waals surface area contributed by atoms with E-state index in [-0.39, 0.29) is 12.5 Å². The summed E-state index contributed by atoms with van der Waals surface area (Å²) in [4.78, 5) is 28.4. The van der Waals surface area contributed by atoms with Gasteiger partial charge in [0.15, 0.2) is 0 Å². The molecule has 37 heavy (non-hydrogen) atoms. The van der Waals surface area contributed by atoms with E-state index in [4.69, 9.17) is 11.6 Å². The lowest BCUT2D eigenvalue weighted by atomic mass is 10.1. The van der Waals surface area contributed by atoms with E-state index in [0.717, 1.165) is 39.7 Å². The summed E-state index contributed by atoms with van der Waals surface area (Å²) in [7, 11) is -3.82. The van der Waals surface area contributed by atoms with Crippen LogP contribution in [0.5, 0.6) is 0 Å². The Bertz CT molecular complexity index is 1320. The van der Waals surface area contributed by atoms with Crippen LogP contribution in [0.1, 0.15) is 38.7 Å². The highest BCUT2D eigenvalue weighted by Crippen LogP contribution is 2.29. The van der Waals surface area contributed by atoms with E-state index in [0.29, 0.717) is 23.7 Å². The van der Waals surface area contributed by atoms with Gasteiger partial charge in [0.2, 0.25) is 21.8 Å². The molecule has 0 radical (unpaired) electrons. The molecular formula is C28H34ClN3O4S. The van der Waals surface area contributed by atoms with E-state index in [1.807, 2.05) is 44.2 Å². The largest absolute Gasteiger partial charge is 0.354 e. The molecule has 0 aliphatic rings. The zero-order chi connectivity index (χ0) is 27.0. The Balaban J connectivity index is 1.98. The molecule has 2 amide bonds. The zero-order valence-electron chi connectivity index (χ0n) is 21.5. The molecule has 198 valence electrons. The van der Waals surface area contributed by atoms with Gasteiger partial charge in [0.05, 0.1) is 11.9 Å². The average Bonchev–Trinajstić information content (AvgIpc) is 2.87. The third-order valence-corrected chi connectivity index (χ3v) is 7.57. The molecule has 0 spiro atoms. The number of nitrogens with zero attached hydrogens (tertiary/aromatic N) is 2. The van der Waals surface area contributed by atoms with Crippen LogP contribution in [0.3, 0.4) is 0 Å². The number of nitrogens with one attached hydrogen (secondary N) is 1. The van der Waals surface area contributed by atoms with Gasteiger partial charge in [-0.05, 0) is 42.0 Å². The number of anilines is 1. The van der Waals surface area contributed by atoms with Crippen LogP contribution in [-0.4, -0.2) is 50.5 Å². The molecule has 0 aliphatic heterocycles. The lowest BCUT2D eigenvalue weighted by Gasteiger charge is -2.33.